The van der Waals surface area contributed by atoms with Gasteiger partial charge in [-0.3, -0.25) is 9.59 Å². The minimum atomic E-state index is -0.911. The number of esters is 1. The largest absolute Gasteiger partial charge is 0.481 e. The molecule has 0 aliphatic carbocycles. The molecule has 1 aliphatic rings. The van der Waals surface area contributed by atoms with Crippen LogP contribution in [0.25, 0.3) is 11.1 Å². The third kappa shape index (κ3) is 5.92. The van der Waals surface area contributed by atoms with Gasteiger partial charge in [0.05, 0.1) is 23.5 Å². The van der Waals surface area contributed by atoms with E-state index in [4.69, 9.17) is 15.6 Å². The molecule has 3 aromatic rings. The molecule has 1 amide bonds. The van der Waals surface area contributed by atoms with Crippen LogP contribution in [0.4, 0.5) is 15.8 Å². The number of halogens is 1. The lowest BCUT2D eigenvalue weighted by atomic mass is 9.99. The normalized spacial score (nSPS) is 14.8. The van der Waals surface area contributed by atoms with Gasteiger partial charge in [0.2, 0.25) is 0 Å². The highest BCUT2D eigenvalue weighted by Gasteiger charge is 2.22. The number of methoxy groups -OCH3 is 1. The summed E-state index contributed by atoms with van der Waals surface area (Å²) in [5, 5.41) is 12.5. The van der Waals surface area contributed by atoms with Gasteiger partial charge < -0.3 is 20.9 Å². The number of hydrogen-bond donors (Lipinski definition) is 3. The van der Waals surface area contributed by atoms with Gasteiger partial charge in [0.1, 0.15) is 5.82 Å². The van der Waals surface area contributed by atoms with Gasteiger partial charge in [-0.25, -0.2) is 9.18 Å². The molecule has 1 aliphatic heterocycles. The third-order valence-corrected chi connectivity index (χ3v) is 6.95. The quantitative estimate of drug-likeness (QED) is 0.214. The molecule has 0 bridgehead atoms. The number of amides is 1. The van der Waals surface area contributed by atoms with E-state index >= 15 is 0 Å². The van der Waals surface area contributed by atoms with Crippen LogP contribution in [0.1, 0.15) is 34.3 Å². The molecule has 1 heterocycles. The number of rotatable bonds is 7. The van der Waals surface area contributed by atoms with Crippen molar-refractivity contribution >= 4 is 46.2 Å². The Hall–Kier alpha value is -4.44. The maximum atomic E-state index is 14.9. The predicted octanol–water partition coefficient (Wildman–Crippen LogP) is 5.22. The fourth-order valence-corrected chi connectivity index (χ4v) is 4.54. The van der Waals surface area contributed by atoms with Crippen molar-refractivity contribution in [3.63, 3.8) is 0 Å². The number of hydrogen-bond acceptors (Lipinski definition) is 7. The number of nitrogens with two attached hydrogens (primary N) is 1. The molecule has 194 valence electrons. The number of anilines is 2. The Bertz CT molecular complexity index is 1480. The summed E-state index contributed by atoms with van der Waals surface area (Å²) >= 11 is 1.14. The van der Waals surface area contributed by atoms with Crippen molar-refractivity contribution in [3.05, 3.63) is 94.2 Å². The fourth-order valence-electron chi connectivity index (χ4n) is 3.74. The standard InChI is InChI=1S/C28H24FN3O5S/c1-15(26(34)35)16-5-9-20(10-6-16)31-28-32-25(33)24(38-28)12-8-17-3-4-19(14-22(17)29)18-7-11-23(30)21(13-18)27(36)37-2/h3-7,9-15H,8,30H2,1-2H3,(H,34,35)(H,31,32,33). The number of carbonyl (C=O) groups excluding carboxylic acids is 2. The molecule has 8 nitrogen and oxygen atoms in total. The van der Waals surface area contributed by atoms with Crippen LogP contribution in [0.5, 0.6) is 0 Å². The number of nitrogens with zero attached hydrogens (tertiary/aromatic N) is 1. The predicted molar refractivity (Wildman–Crippen MR) is 146 cm³/mol. The Balaban J connectivity index is 1.42. The summed E-state index contributed by atoms with van der Waals surface area (Å²) in [6.45, 7) is 1.60. The second-order valence-corrected chi connectivity index (χ2v) is 9.53. The Morgan fingerprint density at radius 3 is 2.47 bits per heavy atom. The van der Waals surface area contributed by atoms with E-state index in [2.05, 4.69) is 10.3 Å². The second kappa shape index (κ2) is 11.3. The Morgan fingerprint density at radius 2 is 1.82 bits per heavy atom. The van der Waals surface area contributed by atoms with Crippen LogP contribution in [-0.2, 0) is 20.7 Å². The minimum Gasteiger partial charge on any atom is -0.481 e. The van der Waals surface area contributed by atoms with Crippen molar-refractivity contribution in [1.82, 2.24) is 0 Å². The van der Waals surface area contributed by atoms with E-state index in [9.17, 15) is 18.8 Å². The van der Waals surface area contributed by atoms with Crippen LogP contribution < -0.4 is 11.1 Å². The van der Waals surface area contributed by atoms with Gasteiger partial charge in [-0.2, -0.15) is 4.99 Å². The van der Waals surface area contributed by atoms with Crippen LogP contribution in [0.15, 0.2) is 76.6 Å². The molecule has 0 radical (unpaired) electrons. The average Bonchev–Trinajstić information content (AvgIpc) is 3.26. The van der Waals surface area contributed by atoms with Crippen molar-refractivity contribution in [2.24, 2.45) is 4.99 Å². The van der Waals surface area contributed by atoms with E-state index in [1.165, 1.54) is 13.2 Å². The highest BCUT2D eigenvalue weighted by Crippen LogP contribution is 2.30. The number of ether oxygens (including phenoxy) is 1. The second-order valence-electron chi connectivity index (χ2n) is 8.50. The molecule has 3 aromatic carbocycles. The molecule has 0 fully saturated rings. The fraction of sp³-hybridized carbons (Fsp3) is 0.143. The van der Waals surface area contributed by atoms with Crippen molar-refractivity contribution in [3.8, 4) is 11.1 Å². The number of carboxylic acids is 1. The zero-order chi connectivity index (χ0) is 27.4. The van der Waals surface area contributed by atoms with Gasteiger partial charge in [0.15, 0.2) is 5.17 Å². The van der Waals surface area contributed by atoms with Crippen molar-refractivity contribution in [1.29, 1.82) is 0 Å². The number of nitrogen functional groups attached to an aromatic ring is 1. The average molecular weight is 534 g/mol. The summed E-state index contributed by atoms with van der Waals surface area (Å²) in [5.74, 6) is -3.00. The zero-order valence-corrected chi connectivity index (χ0v) is 21.3. The Labute approximate surface area is 222 Å². The number of allylic oxidation sites excluding steroid dienone is 1. The minimum absolute atomic E-state index is 0.180. The number of nitrogens with one attached hydrogen (secondary N) is 1. The van der Waals surface area contributed by atoms with Gasteiger partial charge in [-0.05, 0) is 77.7 Å². The first-order chi connectivity index (χ1) is 18.2. The zero-order valence-electron chi connectivity index (χ0n) is 20.5. The first-order valence-corrected chi connectivity index (χ1v) is 12.4. The lowest BCUT2D eigenvalue weighted by molar-refractivity contribution is -0.138. The van der Waals surface area contributed by atoms with Gasteiger partial charge in [0.25, 0.3) is 5.91 Å². The van der Waals surface area contributed by atoms with Gasteiger partial charge in [0, 0.05) is 11.4 Å². The number of thioether (sulfide) groups is 1. The topological polar surface area (TPSA) is 131 Å². The molecular weight excluding hydrogens is 509 g/mol. The monoisotopic (exact) mass is 533 g/mol. The van der Waals surface area contributed by atoms with Crippen molar-refractivity contribution in [2.75, 3.05) is 18.2 Å². The highest BCUT2D eigenvalue weighted by atomic mass is 32.2. The number of amidine groups is 1. The summed E-state index contributed by atoms with van der Waals surface area (Å²) in [6.07, 6.45) is 1.80. The van der Waals surface area contributed by atoms with Crippen molar-refractivity contribution in [2.45, 2.75) is 19.3 Å². The van der Waals surface area contributed by atoms with Crippen LogP contribution in [0.2, 0.25) is 0 Å². The van der Waals surface area contributed by atoms with Crippen LogP contribution in [0, 0.1) is 5.82 Å². The first-order valence-electron chi connectivity index (χ1n) is 11.5. The molecule has 0 spiro atoms. The number of carbonyl (C=O) groups is 3. The lowest BCUT2D eigenvalue weighted by Crippen LogP contribution is -2.08. The van der Waals surface area contributed by atoms with Gasteiger partial charge in [-0.15, -0.1) is 0 Å². The maximum Gasteiger partial charge on any atom is 0.339 e. The van der Waals surface area contributed by atoms with Crippen LogP contribution in [0.3, 0.4) is 0 Å². The SMILES string of the molecule is COC(=O)c1cc(-c2ccc(CC=C3SC(Nc4ccc(C(C)C(=O)O)cc4)=NC3=O)c(F)c2)ccc1N. The van der Waals surface area contributed by atoms with E-state index < -0.39 is 29.6 Å². The molecule has 0 aromatic heterocycles. The van der Waals surface area contributed by atoms with E-state index in [1.54, 1.807) is 67.6 Å². The van der Waals surface area contributed by atoms with E-state index in [0.29, 0.717) is 38.0 Å². The molecule has 1 atom stereocenters. The maximum absolute atomic E-state index is 14.9. The van der Waals surface area contributed by atoms with E-state index in [-0.39, 0.29) is 17.7 Å². The molecule has 38 heavy (non-hydrogen) atoms. The summed E-state index contributed by atoms with van der Waals surface area (Å²) < 4.78 is 19.6. The molecule has 0 saturated heterocycles. The van der Waals surface area contributed by atoms with Gasteiger partial charge >= 0.3 is 11.9 Å². The van der Waals surface area contributed by atoms with E-state index in [0.717, 1.165) is 11.8 Å². The number of aliphatic imine (C=N–C) groups is 1. The summed E-state index contributed by atoms with van der Waals surface area (Å²) in [7, 11) is 1.26. The van der Waals surface area contributed by atoms with Crippen molar-refractivity contribution < 1.29 is 28.6 Å². The first kappa shape index (κ1) is 26.6. The summed E-state index contributed by atoms with van der Waals surface area (Å²) in [5.41, 5.74) is 9.20. The van der Waals surface area contributed by atoms with E-state index in [1.807, 2.05) is 0 Å². The molecule has 4 rings (SSSR count). The van der Waals surface area contributed by atoms with Gasteiger partial charge in [-0.1, -0.05) is 36.4 Å². The Morgan fingerprint density at radius 1 is 1.13 bits per heavy atom. The molecular formula is C28H24FN3O5S. The molecule has 0 saturated carbocycles. The number of aliphatic carboxylic acids is 1. The number of benzene rings is 3. The molecule has 10 heteroatoms. The molecule has 1 unspecified atom stereocenters. The summed E-state index contributed by atoms with van der Waals surface area (Å²) in [4.78, 5) is 39.8. The third-order valence-electron chi connectivity index (χ3n) is 6.01. The Kier molecular flexibility index (Phi) is 7.92. The highest BCUT2D eigenvalue weighted by molar-refractivity contribution is 8.18. The van der Waals surface area contributed by atoms with Crippen LogP contribution in [-0.4, -0.2) is 35.2 Å². The lowest BCUT2D eigenvalue weighted by Gasteiger charge is -2.09. The smallest absolute Gasteiger partial charge is 0.339 e. The van der Waals surface area contributed by atoms with Crippen LogP contribution >= 0.6 is 11.8 Å². The summed E-state index contributed by atoms with van der Waals surface area (Å²) in [6, 6.07) is 16.4. The number of carboxylic acid groups (broad SMARTS) is 1. The molecule has 4 N–H and O–H groups in total.